The maximum absolute atomic E-state index is 12.0. The highest BCUT2D eigenvalue weighted by Gasteiger charge is 2.16. The van der Waals surface area contributed by atoms with E-state index in [1.54, 1.807) is 7.11 Å². The fourth-order valence-electron chi connectivity index (χ4n) is 2.36. The molecule has 0 atom stereocenters. The van der Waals surface area contributed by atoms with Crippen molar-refractivity contribution in [1.82, 2.24) is 14.8 Å². The fourth-order valence-corrected chi connectivity index (χ4v) is 3.12. The Kier molecular flexibility index (Phi) is 6.40. The number of ether oxygens (including phenoxy) is 2. The number of benzene rings is 2. The number of esters is 1. The van der Waals surface area contributed by atoms with Crippen LogP contribution in [0.1, 0.15) is 11.4 Å². The zero-order chi connectivity index (χ0) is 18.2. The van der Waals surface area contributed by atoms with Crippen molar-refractivity contribution in [2.75, 3.05) is 12.9 Å². The predicted molar refractivity (Wildman–Crippen MR) is 99.0 cm³/mol. The molecule has 0 amide bonds. The van der Waals surface area contributed by atoms with Crippen molar-refractivity contribution >= 4 is 17.7 Å². The molecule has 3 rings (SSSR count). The molecule has 3 aromatic rings. The van der Waals surface area contributed by atoms with Crippen molar-refractivity contribution in [3.05, 3.63) is 72.1 Å². The Hall–Kier alpha value is -2.64. The van der Waals surface area contributed by atoms with E-state index >= 15 is 0 Å². The molecular weight excluding hydrogens is 350 g/mol. The first-order valence-electron chi connectivity index (χ1n) is 8.09. The number of nitrogens with zero attached hydrogens (tertiary/aromatic N) is 3. The van der Waals surface area contributed by atoms with Crippen molar-refractivity contribution in [3.8, 4) is 5.69 Å². The van der Waals surface area contributed by atoms with Crippen molar-refractivity contribution in [2.24, 2.45) is 0 Å². The van der Waals surface area contributed by atoms with E-state index in [1.165, 1.54) is 11.8 Å². The summed E-state index contributed by atoms with van der Waals surface area (Å²) in [5.41, 5.74) is 1.88. The zero-order valence-corrected chi connectivity index (χ0v) is 15.2. The van der Waals surface area contributed by atoms with Crippen molar-refractivity contribution in [1.29, 1.82) is 0 Å². The van der Waals surface area contributed by atoms with Gasteiger partial charge in [-0.15, -0.1) is 10.2 Å². The van der Waals surface area contributed by atoms with Gasteiger partial charge >= 0.3 is 5.97 Å². The molecular formula is C19H19N3O3S. The topological polar surface area (TPSA) is 66.2 Å². The summed E-state index contributed by atoms with van der Waals surface area (Å²) in [6, 6.07) is 19.3. The van der Waals surface area contributed by atoms with Gasteiger partial charge in [-0.3, -0.25) is 9.36 Å². The maximum Gasteiger partial charge on any atom is 0.316 e. The van der Waals surface area contributed by atoms with Crippen LogP contribution in [0, 0.1) is 0 Å². The number of aromatic nitrogens is 3. The van der Waals surface area contributed by atoms with Gasteiger partial charge in [-0.2, -0.15) is 0 Å². The van der Waals surface area contributed by atoms with Crippen molar-refractivity contribution in [3.63, 3.8) is 0 Å². The van der Waals surface area contributed by atoms with Crippen LogP contribution in [0.2, 0.25) is 0 Å². The van der Waals surface area contributed by atoms with Gasteiger partial charge in [0, 0.05) is 12.8 Å². The second-order valence-corrected chi connectivity index (χ2v) is 6.38. The molecule has 0 radical (unpaired) electrons. The lowest BCUT2D eigenvalue weighted by Crippen LogP contribution is -2.09. The van der Waals surface area contributed by atoms with E-state index in [9.17, 15) is 4.79 Å². The summed E-state index contributed by atoms with van der Waals surface area (Å²) in [5, 5.41) is 8.98. The summed E-state index contributed by atoms with van der Waals surface area (Å²) in [5.74, 6) is 0.540. The number of hydrogen-bond donors (Lipinski definition) is 0. The third-order valence-corrected chi connectivity index (χ3v) is 4.45. The first-order valence-corrected chi connectivity index (χ1v) is 9.07. The molecule has 0 N–H and O–H groups in total. The Bertz CT molecular complexity index is 838. The highest BCUT2D eigenvalue weighted by molar-refractivity contribution is 7.99. The number of para-hydroxylation sites is 1. The van der Waals surface area contributed by atoms with Crippen LogP contribution < -0.4 is 0 Å². The molecule has 0 bridgehead atoms. The normalized spacial score (nSPS) is 10.7. The van der Waals surface area contributed by atoms with E-state index in [-0.39, 0.29) is 18.3 Å². The molecule has 134 valence electrons. The first-order chi connectivity index (χ1) is 12.8. The molecule has 0 aliphatic carbocycles. The minimum Gasteiger partial charge on any atom is -0.460 e. The Morgan fingerprint density at radius 1 is 1.00 bits per heavy atom. The standard InChI is InChI=1S/C19H19N3O3S/c1-24-13-17-20-21-19(22(17)16-10-6-3-7-11-16)26-14-18(23)25-12-15-8-4-2-5-9-15/h2-11H,12-14H2,1H3. The molecule has 1 heterocycles. The van der Waals surface area contributed by atoms with E-state index in [1.807, 2.05) is 65.2 Å². The van der Waals surface area contributed by atoms with E-state index < -0.39 is 0 Å². The molecule has 7 heteroatoms. The molecule has 0 aliphatic heterocycles. The van der Waals surface area contributed by atoms with Gasteiger partial charge in [0.1, 0.15) is 13.2 Å². The Balaban J connectivity index is 1.65. The van der Waals surface area contributed by atoms with Gasteiger partial charge < -0.3 is 9.47 Å². The summed E-state index contributed by atoms with van der Waals surface area (Å²) in [7, 11) is 1.61. The lowest BCUT2D eigenvalue weighted by atomic mass is 10.2. The second kappa shape index (κ2) is 9.17. The Labute approximate surface area is 156 Å². The monoisotopic (exact) mass is 369 g/mol. The SMILES string of the molecule is COCc1nnc(SCC(=O)OCc2ccccc2)n1-c1ccccc1. The summed E-state index contributed by atoms with van der Waals surface area (Å²) >= 11 is 1.29. The molecule has 6 nitrogen and oxygen atoms in total. The maximum atomic E-state index is 12.0. The molecule has 0 unspecified atom stereocenters. The number of carbonyl (C=O) groups is 1. The Morgan fingerprint density at radius 2 is 1.69 bits per heavy atom. The number of rotatable bonds is 8. The minimum absolute atomic E-state index is 0.158. The van der Waals surface area contributed by atoms with Crippen molar-refractivity contribution < 1.29 is 14.3 Å². The number of hydrogen-bond acceptors (Lipinski definition) is 6. The van der Waals surface area contributed by atoms with E-state index in [0.717, 1.165) is 11.3 Å². The van der Waals surface area contributed by atoms with E-state index in [2.05, 4.69) is 10.2 Å². The first kappa shape index (κ1) is 18.2. The average Bonchev–Trinajstić information content (AvgIpc) is 3.09. The van der Waals surface area contributed by atoms with Crippen LogP contribution in [-0.2, 0) is 27.5 Å². The van der Waals surface area contributed by atoms with Crippen LogP contribution in [0.25, 0.3) is 5.69 Å². The third-order valence-electron chi connectivity index (χ3n) is 3.55. The summed E-state index contributed by atoms with van der Waals surface area (Å²) in [4.78, 5) is 12.0. The molecule has 0 aliphatic rings. The van der Waals surface area contributed by atoms with Gasteiger partial charge in [-0.25, -0.2) is 0 Å². The molecule has 2 aromatic carbocycles. The lowest BCUT2D eigenvalue weighted by Gasteiger charge is -2.09. The predicted octanol–water partition coefficient (Wildman–Crippen LogP) is 3.25. The van der Waals surface area contributed by atoms with Gasteiger partial charge in [0.05, 0.1) is 5.75 Å². The van der Waals surface area contributed by atoms with Crippen LogP contribution in [0.4, 0.5) is 0 Å². The van der Waals surface area contributed by atoms with Crippen LogP contribution in [0.15, 0.2) is 65.8 Å². The Morgan fingerprint density at radius 3 is 2.38 bits per heavy atom. The quantitative estimate of drug-likeness (QED) is 0.449. The molecule has 0 spiro atoms. The van der Waals surface area contributed by atoms with E-state index in [4.69, 9.17) is 9.47 Å². The lowest BCUT2D eigenvalue weighted by molar-refractivity contribution is -0.141. The zero-order valence-electron chi connectivity index (χ0n) is 14.4. The van der Waals surface area contributed by atoms with Crippen LogP contribution in [0.3, 0.4) is 0 Å². The van der Waals surface area contributed by atoms with E-state index in [0.29, 0.717) is 17.6 Å². The fraction of sp³-hybridized carbons (Fsp3) is 0.211. The molecule has 26 heavy (non-hydrogen) atoms. The average molecular weight is 369 g/mol. The van der Waals surface area contributed by atoms with Gasteiger partial charge in [-0.05, 0) is 17.7 Å². The number of methoxy groups -OCH3 is 1. The molecule has 1 aromatic heterocycles. The second-order valence-electron chi connectivity index (χ2n) is 5.44. The van der Waals surface area contributed by atoms with Crippen LogP contribution >= 0.6 is 11.8 Å². The van der Waals surface area contributed by atoms with Gasteiger partial charge in [0.15, 0.2) is 11.0 Å². The highest BCUT2D eigenvalue weighted by Crippen LogP contribution is 2.22. The number of thioether (sulfide) groups is 1. The van der Waals surface area contributed by atoms with Gasteiger partial charge in [-0.1, -0.05) is 60.3 Å². The van der Waals surface area contributed by atoms with Crippen LogP contribution in [0.5, 0.6) is 0 Å². The van der Waals surface area contributed by atoms with Crippen molar-refractivity contribution in [2.45, 2.75) is 18.4 Å². The third kappa shape index (κ3) is 4.71. The highest BCUT2D eigenvalue weighted by atomic mass is 32.2. The molecule has 0 saturated carbocycles. The molecule has 0 fully saturated rings. The summed E-state index contributed by atoms with van der Waals surface area (Å²) < 4.78 is 12.4. The summed E-state index contributed by atoms with van der Waals surface area (Å²) in [6.45, 7) is 0.599. The minimum atomic E-state index is -0.297. The largest absolute Gasteiger partial charge is 0.460 e. The summed E-state index contributed by atoms with van der Waals surface area (Å²) in [6.07, 6.45) is 0. The smallest absolute Gasteiger partial charge is 0.316 e. The van der Waals surface area contributed by atoms with Crippen LogP contribution in [-0.4, -0.2) is 33.6 Å². The number of carbonyl (C=O) groups excluding carboxylic acids is 1. The van der Waals surface area contributed by atoms with Gasteiger partial charge in [0.2, 0.25) is 0 Å². The molecule has 0 saturated heterocycles. The van der Waals surface area contributed by atoms with Gasteiger partial charge in [0.25, 0.3) is 0 Å².